The van der Waals surface area contributed by atoms with Gasteiger partial charge in [0.2, 0.25) is 0 Å². The van der Waals surface area contributed by atoms with E-state index in [4.69, 9.17) is 0 Å². The van der Waals surface area contributed by atoms with Gasteiger partial charge in [-0.2, -0.15) is 5.10 Å². The Labute approximate surface area is 110 Å². The van der Waals surface area contributed by atoms with Crippen LogP contribution >= 0.6 is 0 Å². The molecule has 4 heteroatoms. The summed E-state index contributed by atoms with van der Waals surface area (Å²) in [6, 6.07) is 1.25. The van der Waals surface area contributed by atoms with Gasteiger partial charge in [-0.15, -0.1) is 0 Å². The molecule has 0 aromatic carbocycles. The van der Waals surface area contributed by atoms with Crippen molar-refractivity contribution in [3.8, 4) is 0 Å². The molecule has 4 nitrogen and oxygen atoms in total. The normalized spacial score (nSPS) is 30.3. The lowest BCUT2D eigenvalue weighted by molar-refractivity contribution is 0.212. The summed E-state index contributed by atoms with van der Waals surface area (Å²) in [6.07, 6.45) is 8.57. The highest BCUT2D eigenvalue weighted by atomic mass is 15.3. The second-order valence-corrected chi connectivity index (χ2v) is 6.02. The van der Waals surface area contributed by atoms with Crippen LogP contribution in [0.4, 0.5) is 0 Å². The van der Waals surface area contributed by atoms with E-state index >= 15 is 0 Å². The number of aryl methyl sites for hydroxylation is 1. The molecule has 2 rings (SSSR count). The smallest absolute Gasteiger partial charge is 0.137 e. The van der Waals surface area contributed by atoms with Gasteiger partial charge in [0.05, 0.1) is 0 Å². The van der Waals surface area contributed by atoms with E-state index in [1.165, 1.54) is 19.3 Å². The summed E-state index contributed by atoms with van der Waals surface area (Å²) < 4.78 is 1.91. The highest BCUT2D eigenvalue weighted by molar-refractivity contribution is 4.82. The zero-order valence-electron chi connectivity index (χ0n) is 11.8. The molecule has 0 bridgehead atoms. The average molecular weight is 250 g/mol. The van der Waals surface area contributed by atoms with Gasteiger partial charge < -0.3 is 5.32 Å². The Kier molecular flexibility index (Phi) is 4.75. The molecule has 4 unspecified atom stereocenters. The molecule has 0 aliphatic heterocycles. The van der Waals surface area contributed by atoms with E-state index in [0.717, 1.165) is 24.8 Å². The predicted octanol–water partition coefficient (Wildman–Crippen LogP) is 2.47. The maximum absolute atomic E-state index is 4.14. The highest BCUT2D eigenvalue weighted by Crippen LogP contribution is 2.28. The van der Waals surface area contributed by atoms with Gasteiger partial charge in [0.1, 0.15) is 12.7 Å². The van der Waals surface area contributed by atoms with Crippen LogP contribution in [0.1, 0.15) is 46.5 Å². The lowest BCUT2D eigenvalue weighted by Gasteiger charge is -2.35. The molecular weight excluding hydrogens is 224 g/mol. The second kappa shape index (κ2) is 6.32. The predicted molar refractivity (Wildman–Crippen MR) is 73.2 cm³/mol. The van der Waals surface area contributed by atoms with Crippen molar-refractivity contribution in [1.29, 1.82) is 0 Å². The van der Waals surface area contributed by atoms with Crippen LogP contribution in [-0.2, 0) is 6.54 Å². The van der Waals surface area contributed by atoms with Crippen molar-refractivity contribution >= 4 is 0 Å². The molecule has 1 aliphatic carbocycles. The Bertz CT molecular complexity index is 336. The summed E-state index contributed by atoms with van der Waals surface area (Å²) >= 11 is 0. The van der Waals surface area contributed by atoms with Gasteiger partial charge in [-0.3, -0.25) is 4.68 Å². The van der Waals surface area contributed by atoms with E-state index in [0.29, 0.717) is 12.1 Å². The monoisotopic (exact) mass is 250 g/mol. The minimum absolute atomic E-state index is 0.551. The van der Waals surface area contributed by atoms with E-state index in [1.54, 1.807) is 12.7 Å². The Morgan fingerprint density at radius 3 is 2.89 bits per heavy atom. The molecule has 0 radical (unpaired) electrons. The molecule has 1 aromatic heterocycles. The Morgan fingerprint density at radius 1 is 1.39 bits per heavy atom. The van der Waals surface area contributed by atoms with Crippen molar-refractivity contribution in [3.63, 3.8) is 0 Å². The van der Waals surface area contributed by atoms with Crippen LogP contribution in [-0.4, -0.2) is 26.8 Å². The van der Waals surface area contributed by atoms with Crippen molar-refractivity contribution < 1.29 is 0 Å². The Balaban J connectivity index is 1.72. The number of hydrogen-bond acceptors (Lipinski definition) is 3. The maximum Gasteiger partial charge on any atom is 0.137 e. The summed E-state index contributed by atoms with van der Waals surface area (Å²) in [5, 5.41) is 7.93. The van der Waals surface area contributed by atoms with Crippen LogP contribution in [0, 0.1) is 11.8 Å². The Hall–Kier alpha value is -0.900. The summed E-state index contributed by atoms with van der Waals surface area (Å²) in [5.41, 5.74) is 0. The second-order valence-electron chi connectivity index (χ2n) is 6.02. The number of hydrogen-bond donors (Lipinski definition) is 1. The van der Waals surface area contributed by atoms with Gasteiger partial charge >= 0.3 is 0 Å². The zero-order valence-corrected chi connectivity index (χ0v) is 11.8. The largest absolute Gasteiger partial charge is 0.311 e. The van der Waals surface area contributed by atoms with Crippen LogP contribution in [0.25, 0.3) is 0 Å². The van der Waals surface area contributed by atoms with Crippen LogP contribution < -0.4 is 5.32 Å². The molecule has 1 aliphatic rings. The van der Waals surface area contributed by atoms with Crippen LogP contribution in [0.2, 0.25) is 0 Å². The molecule has 1 N–H and O–H groups in total. The third-order valence-corrected chi connectivity index (χ3v) is 4.19. The fraction of sp³-hybridized carbons (Fsp3) is 0.857. The van der Waals surface area contributed by atoms with Crippen molar-refractivity contribution in [2.45, 2.75) is 65.1 Å². The first-order chi connectivity index (χ1) is 8.65. The Morgan fingerprint density at radius 2 is 2.22 bits per heavy atom. The SMILES string of the molecule is CC1CCC(NC(C)CCn2cncn2)C(C)C1. The van der Waals surface area contributed by atoms with Crippen molar-refractivity contribution in [2.24, 2.45) is 11.8 Å². The quantitative estimate of drug-likeness (QED) is 0.873. The van der Waals surface area contributed by atoms with Crippen LogP contribution in [0.5, 0.6) is 0 Å². The van der Waals surface area contributed by atoms with Gasteiger partial charge in [0.25, 0.3) is 0 Å². The number of aromatic nitrogens is 3. The fourth-order valence-corrected chi connectivity index (χ4v) is 3.04. The average Bonchev–Trinajstić information content (AvgIpc) is 2.83. The highest BCUT2D eigenvalue weighted by Gasteiger charge is 2.25. The zero-order chi connectivity index (χ0) is 13.0. The summed E-state index contributed by atoms with van der Waals surface area (Å²) in [5.74, 6) is 1.71. The molecule has 0 amide bonds. The first-order valence-electron chi connectivity index (χ1n) is 7.23. The first-order valence-corrected chi connectivity index (χ1v) is 7.23. The van der Waals surface area contributed by atoms with Crippen molar-refractivity contribution in [3.05, 3.63) is 12.7 Å². The lowest BCUT2D eigenvalue weighted by Crippen LogP contribution is -2.43. The van der Waals surface area contributed by atoms with Gasteiger partial charge in [-0.1, -0.05) is 13.8 Å². The van der Waals surface area contributed by atoms with Gasteiger partial charge in [0, 0.05) is 18.6 Å². The third kappa shape index (κ3) is 3.80. The van der Waals surface area contributed by atoms with E-state index in [1.807, 2.05) is 4.68 Å². The minimum Gasteiger partial charge on any atom is -0.311 e. The number of nitrogens with one attached hydrogen (secondary N) is 1. The molecule has 1 saturated carbocycles. The van der Waals surface area contributed by atoms with E-state index < -0.39 is 0 Å². The lowest BCUT2D eigenvalue weighted by atomic mass is 9.79. The van der Waals surface area contributed by atoms with Crippen LogP contribution in [0.15, 0.2) is 12.7 Å². The molecular formula is C14H26N4. The molecule has 18 heavy (non-hydrogen) atoms. The van der Waals surface area contributed by atoms with E-state index in [9.17, 15) is 0 Å². The van der Waals surface area contributed by atoms with Crippen molar-refractivity contribution in [1.82, 2.24) is 20.1 Å². The molecule has 1 aromatic rings. The molecule has 0 spiro atoms. The molecule has 0 saturated heterocycles. The third-order valence-electron chi connectivity index (χ3n) is 4.19. The van der Waals surface area contributed by atoms with Gasteiger partial charge in [-0.05, 0) is 44.4 Å². The molecule has 4 atom stereocenters. The van der Waals surface area contributed by atoms with Crippen LogP contribution in [0.3, 0.4) is 0 Å². The summed E-state index contributed by atoms with van der Waals surface area (Å²) in [7, 11) is 0. The number of rotatable bonds is 5. The molecule has 102 valence electrons. The van der Waals surface area contributed by atoms with Crippen molar-refractivity contribution in [2.75, 3.05) is 0 Å². The fourth-order valence-electron chi connectivity index (χ4n) is 3.04. The number of nitrogens with zero attached hydrogens (tertiary/aromatic N) is 3. The first kappa shape index (κ1) is 13.5. The topological polar surface area (TPSA) is 42.7 Å². The molecule has 1 heterocycles. The molecule has 1 fully saturated rings. The van der Waals surface area contributed by atoms with Gasteiger partial charge in [-0.25, -0.2) is 4.98 Å². The van der Waals surface area contributed by atoms with E-state index in [2.05, 4.69) is 36.2 Å². The van der Waals surface area contributed by atoms with Gasteiger partial charge in [0.15, 0.2) is 0 Å². The van der Waals surface area contributed by atoms with E-state index in [-0.39, 0.29) is 0 Å². The summed E-state index contributed by atoms with van der Waals surface area (Å²) in [6.45, 7) is 7.99. The minimum atomic E-state index is 0.551. The summed E-state index contributed by atoms with van der Waals surface area (Å²) in [4.78, 5) is 3.97. The standard InChI is InChI=1S/C14H26N4/c1-11-4-5-14(12(2)8-11)17-13(3)6-7-18-10-15-9-16-18/h9-14,17H,4-8H2,1-3H3. The maximum atomic E-state index is 4.14.